The molecule has 2 amide bonds. The van der Waals surface area contributed by atoms with Crippen LogP contribution in [0.25, 0.3) is 0 Å². The van der Waals surface area contributed by atoms with E-state index in [1.807, 2.05) is 25.1 Å². The molecule has 1 aromatic carbocycles. The Balaban J connectivity index is 2.01. The first-order valence-corrected chi connectivity index (χ1v) is 9.53. The SMILES string of the molecule is Cc1ccccc1C(=O)NC(CC(C)C)C(=O)NC1CCC(C)CC1. The molecule has 4 nitrogen and oxygen atoms in total. The van der Waals surface area contributed by atoms with Crippen molar-refractivity contribution in [2.24, 2.45) is 11.8 Å². The van der Waals surface area contributed by atoms with Crippen LogP contribution in [0.1, 0.15) is 68.8 Å². The lowest BCUT2D eigenvalue weighted by Crippen LogP contribution is -2.50. The lowest BCUT2D eigenvalue weighted by atomic mass is 9.87. The van der Waals surface area contributed by atoms with E-state index in [0.29, 0.717) is 17.9 Å². The minimum absolute atomic E-state index is 0.0461. The van der Waals surface area contributed by atoms with Gasteiger partial charge in [-0.1, -0.05) is 39.0 Å². The highest BCUT2D eigenvalue weighted by Crippen LogP contribution is 2.23. The topological polar surface area (TPSA) is 58.2 Å². The molecule has 1 unspecified atom stereocenters. The summed E-state index contributed by atoms with van der Waals surface area (Å²) in [5, 5.41) is 6.12. The van der Waals surface area contributed by atoms with E-state index in [1.54, 1.807) is 6.07 Å². The molecule has 138 valence electrons. The van der Waals surface area contributed by atoms with Crippen molar-refractivity contribution in [1.29, 1.82) is 0 Å². The Hall–Kier alpha value is -1.84. The maximum absolute atomic E-state index is 12.8. The molecule has 2 N–H and O–H groups in total. The molecule has 1 atom stereocenters. The van der Waals surface area contributed by atoms with E-state index in [0.717, 1.165) is 37.2 Å². The van der Waals surface area contributed by atoms with Gasteiger partial charge in [-0.2, -0.15) is 0 Å². The molecule has 0 saturated heterocycles. The van der Waals surface area contributed by atoms with Crippen molar-refractivity contribution in [3.8, 4) is 0 Å². The van der Waals surface area contributed by atoms with Crippen LogP contribution in [0.15, 0.2) is 24.3 Å². The zero-order valence-corrected chi connectivity index (χ0v) is 16.0. The van der Waals surface area contributed by atoms with Gasteiger partial charge >= 0.3 is 0 Å². The van der Waals surface area contributed by atoms with Crippen LogP contribution in [-0.2, 0) is 4.79 Å². The summed E-state index contributed by atoms with van der Waals surface area (Å²) in [5.41, 5.74) is 1.56. The molecule has 0 aromatic heterocycles. The van der Waals surface area contributed by atoms with Gasteiger partial charge in [0.2, 0.25) is 5.91 Å². The second-order valence-corrected chi connectivity index (χ2v) is 7.94. The Bertz CT molecular complexity index is 589. The molecule has 0 bridgehead atoms. The Morgan fingerprint density at radius 2 is 1.76 bits per heavy atom. The van der Waals surface area contributed by atoms with E-state index < -0.39 is 6.04 Å². The third-order valence-corrected chi connectivity index (χ3v) is 5.08. The number of amides is 2. The number of carbonyl (C=O) groups excluding carboxylic acids is 2. The van der Waals surface area contributed by atoms with Crippen molar-refractivity contribution in [2.75, 3.05) is 0 Å². The van der Waals surface area contributed by atoms with E-state index >= 15 is 0 Å². The maximum atomic E-state index is 12.8. The molecular weight excluding hydrogens is 312 g/mol. The van der Waals surface area contributed by atoms with Crippen LogP contribution in [-0.4, -0.2) is 23.9 Å². The van der Waals surface area contributed by atoms with Crippen molar-refractivity contribution in [2.45, 2.75) is 71.9 Å². The van der Waals surface area contributed by atoms with Gasteiger partial charge in [0.25, 0.3) is 5.91 Å². The highest BCUT2D eigenvalue weighted by Gasteiger charge is 2.26. The zero-order chi connectivity index (χ0) is 18.4. The number of benzene rings is 1. The van der Waals surface area contributed by atoms with Crippen LogP contribution in [0.4, 0.5) is 0 Å². The Kier molecular flexibility index (Phi) is 7.03. The average molecular weight is 344 g/mol. The molecule has 1 fully saturated rings. The van der Waals surface area contributed by atoms with Crippen LogP contribution < -0.4 is 10.6 Å². The van der Waals surface area contributed by atoms with Crippen LogP contribution >= 0.6 is 0 Å². The largest absolute Gasteiger partial charge is 0.352 e. The van der Waals surface area contributed by atoms with Crippen molar-refractivity contribution in [3.63, 3.8) is 0 Å². The Labute approximate surface area is 151 Å². The number of hydrogen-bond acceptors (Lipinski definition) is 2. The number of hydrogen-bond donors (Lipinski definition) is 2. The fourth-order valence-electron chi connectivity index (χ4n) is 3.47. The standard InChI is InChI=1S/C21H32N2O2/c1-14(2)13-19(21(25)22-17-11-9-15(3)10-12-17)23-20(24)18-8-6-5-7-16(18)4/h5-8,14-15,17,19H,9-13H2,1-4H3,(H,22,25)(H,23,24). The van der Waals surface area contributed by atoms with Gasteiger partial charge in [-0.25, -0.2) is 0 Å². The zero-order valence-electron chi connectivity index (χ0n) is 16.0. The molecular formula is C21H32N2O2. The van der Waals surface area contributed by atoms with Crippen molar-refractivity contribution in [1.82, 2.24) is 10.6 Å². The van der Waals surface area contributed by atoms with Crippen molar-refractivity contribution >= 4 is 11.8 Å². The number of rotatable bonds is 6. The molecule has 0 spiro atoms. The van der Waals surface area contributed by atoms with Gasteiger partial charge < -0.3 is 10.6 Å². The smallest absolute Gasteiger partial charge is 0.252 e. The molecule has 1 aliphatic carbocycles. The minimum atomic E-state index is -0.480. The van der Waals surface area contributed by atoms with Gasteiger partial charge in [0.1, 0.15) is 6.04 Å². The van der Waals surface area contributed by atoms with Gasteiger partial charge in [0.05, 0.1) is 0 Å². The predicted octanol–water partition coefficient (Wildman–Crippen LogP) is 3.83. The summed E-state index contributed by atoms with van der Waals surface area (Å²) in [7, 11) is 0. The monoisotopic (exact) mass is 344 g/mol. The van der Waals surface area contributed by atoms with E-state index in [2.05, 4.69) is 31.4 Å². The maximum Gasteiger partial charge on any atom is 0.252 e. The molecule has 1 aliphatic rings. The normalized spacial score (nSPS) is 21.6. The van der Waals surface area contributed by atoms with Crippen LogP contribution in [0, 0.1) is 18.8 Å². The number of nitrogens with one attached hydrogen (secondary N) is 2. The average Bonchev–Trinajstić information content (AvgIpc) is 2.56. The third-order valence-electron chi connectivity index (χ3n) is 5.08. The highest BCUT2D eigenvalue weighted by molar-refractivity contribution is 5.98. The summed E-state index contributed by atoms with van der Waals surface area (Å²) in [6, 6.07) is 7.24. The molecule has 0 radical (unpaired) electrons. The summed E-state index contributed by atoms with van der Waals surface area (Å²) in [6.45, 7) is 8.32. The molecule has 2 rings (SSSR count). The highest BCUT2D eigenvalue weighted by atomic mass is 16.2. The molecule has 1 aromatic rings. The van der Waals surface area contributed by atoms with Gasteiger partial charge in [0, 0.05) is 11.6 Å². The van der Waals surface area contributed by atoms with E-state index in [1.165, 1.54) is 0 Å². The lowest BCUT2D eigenvalue weighted by molar-refractivity contribution is -0.124. The Morgan fingerprint density at radius 1 is 1.12 bits per heavy atom. The number of aryl methyl sites for hydroxylation is 1. The van der Waals surface area contributed by atoms with Crippen LogP contribution in [0.2, 0.25) is 0 Å². The van der Waals surface area contributed by atoms with Crippen molar-refractivity contribution in [3.05, 3.63) is 35.4 Å². The molecule has 0 heterocycles. The predicted molar refractivity (Wildman–Crippen MR) is 101 cm³/mol. The van der Waals surface area contributed by atoms with Gasteiger partial charge in [-0.3, -0.25) is 9.59 Å². The lowest BCUT2D eigenvalue weighted by Gasteiger charge is -2.29. The van der Waals surface area contributed by atoms with E-state index in [4.69, 9.17) is 0 Å². The van der Waals surface area contributed by atoms with Crippen molar-refractivity contribution < 1.29 is 9.59 Å². The fourth-order valence-corrected chi connectivity index (χ4v) is 3.47. The summed E-state index contributed by atoms with van der Waals surface area (Å²) in [5.74, 6) is 0.867. The second-order valence-electron chi connectivity index (χ2n) is 7.94. The first-order valence-electron chi connectivity index (χ1n) is 9.53. The van der Waals surface area contributed by atoms with E-state index in [9.17, 15) is 9.59 Å². The molecule has 1 saturated carbocycles. The third kappa shape index (κ3) is 5.87. The van der Waals surface area contributed by atoms with Crippen LogP contribution in [0.5, 0.6) is 0 Å². The molecule has 25 heavy (non-hydrogen) atoms. The van der Waals surface area contributed by atoms with E-state index in [-0.39, 0.29) is 17.9 Å². The summed E-state index contributed by atoms with van der Waals surface area (Å²) >= 11 is 0. The summed E-state index contributed by atoms with van der Waals surface area (Å²) < 4.78 is 0. The molecule has 4 heteroatoms. The first kappa shape index (κ1) is 19.5. The fraction of sp³-hybridized carbons (Fsp3) is 0.619. The van der Waals surface area contributed by atoms with Gasteiger partial charge in [-0.05, 0) is 62.5 Å². The quantitative estimate of drug-likeness (QED) is 0.824. The summed E-state index contributed by atoms with van der Waals surface area (Å²) in [4.78, 5) is 25.4. The molecule has 0 aliphatic heterocycles. The Morgan fingerprint density at radius 3 is 2.36 bits per heavy atom. The summed E-state index contributed by atoms with van der Waals surface area (Å²) in [6.07, 6.45) is 5.04. The van der Waals surface area contributed by atoms with Gasteiger partial charge in [-0.15, -0.1) is 0 Å². The minimum Gasteiger partial charge on any atom is -0.352 e. The first-order chi connectivity index (χ1) is 11.9. The second kappa shape index (κ2) is 9.02. The van der Waals surface area contributed by atoms with Crippen LogP contribution in [0.3, 0.4) is 0 Å². The number of carbonyl (C=O) groups is 2. The van der Waals surface area contributed by atoms with Gasteiger partial charge in [0.15, 0.2) is 0 Å².